The Labute approximate surface area is 241 Å². The second-order valence-corrected chi connectivity index (χ2v) is 10.4. The van der Waals surface area contributed by atoms with Crippen molar-refractivity contribution in [3.05, 3.63) is 43.2 Å². The topological polar surface area (TPSA) is 203 Å². The smallest absolute Gasteiger partial charge is 0.412 e. The first-order chi connectivity index (χ1) is 20.0. The SMILES string of the molecule is C=C[C@@]1(F)[C@H](O)[C@@H](COc2ccc(O/[P+]([O-])=N/N[C@@H](C)C(=O)OC(C)C)cc2)O[C@H]1n1cnc2c(NC)nc(N)nc21. The molecule has 0 aliphatic carbocycles. The summed E-state index contributed by atoms with van der Waals surface area (Å²) in [6, 6.07) is 5.19. The van der Waals surface area contributed by atoms with Gasteiger partial charge in [-0.3, -0.25) is 13.9 Å². The Kier molecular flexibility index (Phi) is 9.53. The number of fused-ring (bicyclic) bond motifs is 1. The number of nitrogen functional groups attached to an aromatic ring is 1. The number of aromatic nitrogens is 4. The number of ether oxygens (including phenoxy) is 3. The first-order valence-corrected chi connectivity index (χ1v) is 14.0. The standard InChI is InChI=1S/C25H32FN8O7P/c1-6-25(26)19(35)17(40-23(25)34-12-29-18-20(28-5)30-24(27)31-21(18)34)11-38-15-7-9-16(10-8-15)41-42(37)33-32-14(4)22(36)39-13(2)3/h6-10,12-14,17,19,23,32,35H,1,11H2,2-5H3,(H3,27,28,30,31)/t14-,17+,19+,23+,25+/m0/s1. The summed E-state index contributed by atoms with van der Waals surface area (Å²) in [5.41, 5.74) is 6.37. The van der Waals surface area contributed by atoms with Gasteiger partial charge in [0.05, 0.1) is 12.4 Å². The van der Waals surface area contributed by atoms with Crippen LogP contribution in [0.3, 0.4) is 0 Å². The van der Waals surface area contributed by atoms with Crippen molar-refractivity contribution < 1.29 is 37.9 Å². The molecule has 1 aliphatic heterocycles. The zero-order chi connectivity index (χ0) is 30.6. The maximum atomic E-state index is 16.1. The summed E-state index contributed by atoms with van der Waals surface area (Å²) in [5.74, 6) is 0.303. The Hall–Kier alpha value is -3.95. The number of hydrogen-bond donors (Lipinski definition) is 4. The Morgan fingerprint density at radius 1 is 1.36 bits per heavy atom. The van der Waals surface area contributed by atoms with Crippen LogP contribution in [0.25, 0.3) is 11.2 Å². The van der Waals surface area contributed by atoms with Crippen LogP contribution in [-0.2, 0) is 14.3 Å². The fraction of sp³-hybridized carbons (Fsp3) is 0.440. The lowest BCUT2D eigenvalue weighted by Crippen LogP contribution is -2.42. The third kappa shape index (κ3) is 6.58. The summed E-state index contributed by atoms with van der Waals surface area (Å²) in [5, 5.41) is 13.7. The lowest BCUT2D eigenvalue weighted by molar-refractivity contribution is -0.169. The molecule has 1 fully saturated rings. The number of carbonyl (C=O) groups excluding carboxylic acids is 1. The highest BCUT2D eigenvalue weighted by molar-refractivity contribution is 7.33. The summed E-state index contributed by atoms with van der Waals surface area (Å²) in [7, 11) is -0.905. The molecular formula is C25H32FN8O7P. The van der Waals surface area contributed by atoms with Gasteiger partial charge in [0, 0.05) is 11.9 Å². The highest BCUT2D eigenvalue weighted by Crippen LogP contribution is 2.44. The normalized spacial score (nSPS) is 23.1. The molecule has 5 N–H and O–H groups in total. The van der Waals surface area contributed by atoms with Crippen molar-refractivity contribution in [1.82, 2.24) is 24.9 Å². The van der Waals surface area contributed by atoms with E-state index in [0.717, 1.165) is 6.08 Å². The molecule has 1 aromatic carbocycles. The van der Waals surface area contributed by atoms with E-state index in [1.165, 1.54) is 42.1 Å². The van der Waals surface area contributed by atoms with Crippen LogP contribution >= 0.6 is 8.17 Å². The Bertz CT molecular complexity index is 1460. The van der Waals surface area contributed by atoms with Gasteiger partial charge >= 0.3 is 14.1 Å². The summed E-state index contributed by atoms with van der Waals surface area (Å²) < 4.78 is 39.3. The molecule has 42 heavy (non-hydrogen) atoms. The van der Waals surface area contributed by atoms with Gasteiger partial charge in [0.15, 0.2) is 29.0 Å². The molecule has 0 amide bonds. The summed E-state index contributed by atoms with van der Waals surface area (Å²) in [6.07, 6.45) is -2.11. The van der Waals surface area contributed by atoms with Crippen LogP contribution in [-0.4, -0.2) is 74.3 Å². The lowest BCUT2D eigenvalue weighted by atomic mass is 9.96. The van der Waals surface area contributed by atoms with E-state index in [4.69, 9.17) is 24.5 Å². The monoisotopic (exact) mass is 606 g/mol. The lowest BCUT2D eigenvalue weighted by Gasteiger charge is -2.25. The molecule has 3 aromatic rings. The number of rotatable bonds is 12. The van der Waals surface area contributed by atoms with E-state index in [1.54, 1.807) is 20.9 Å². The maximum Gasteiger partial charge on any atom is 0.412 e. The number of esters is 1. The minimum Gasteiger partial charge on any atom is -0.574 e. The minimum atomic E-state index is -2.54. The van der Waals surface area contributed by atoms with Gasteiger partial charge in [-0.25, -0.2) is 9.37 Å². The fourth-order valence-corrected chi connectivity index (χ4v) is 4.70. The first-order valence-electron chi connectivity index (χ1n) is 12.8. The molecular weight excluding hydrogens is 574 g/mol. The van der Waals surface area contributed by atoms with E-state index >= 15 is 4.39 Å². The van der Waals surface area contributed by atoms with Crippen molar-refractivity contribution in [3.63, 3.8) is 0 Å². The van der Waals surface area contributed by atoms with Gasteiger partial charge in [-0.2, -0.15) is 15.4 Å². The molecule has 1 aliphatic rings. The van der Waals surface area contributed by atoms with Crippen molar-refractivity contribution in [1.29, 1.82) is 0 Å². The van der Waals surface area contributed by atoms with Crippen molar-refractivity contribution in [2.75, 3.05) is 24.7 Å². The van der Waals surface area contributed by atoms with Gasteiger partial charge in [-0.1, -0.05) is 6.58 Å². The van der Waals surface area contributed by atoms with E-state index in [0.29, 0.717) is 17.1 Å². The largest absolute Gasteiger partial charge is 0.574 e. The average Bonchev–Trinajstić information content (AvgIpc) is 3.48. The number of imidazole rings is 1. The highest BCUT2D eigenvalue weighted by Gasteiger charge is 2.57. The fourth-order valence-electron chi connectivity index (χ4n) is 4.09. The van der Waals surface area contributed by atoms with E-state index in [1.807, 2.05) is 0 Å². The van der Waals surface area contributed by atoms with Crippen LogP contribution in [0.15, 0.2) is 48.1 Å². The summed E-state index contributed by atoms with van der Waals surface area (Å²) in [4.78, 5) is 40.1. The van der Waals surface area contributed by atoms with Crippen molar-refractivity contribution in [2.45, 2.75) is 57.0 Å². The maximum absolute atomic E-state index is 16.1. The number of nitrogens with two attached hydrogens (primary N) is 1. The quantitative estimate of drug-likeness (QED) is 0.101. The average molecular weight is 607 g/mol. The molecule has 0 radical (unpaired) electrons. The molecule has 0 bridgehead atoms. The second-order valence-electron chi connectivity index (χ2n) is 9.56. The number of aliphatic hydroxyl groups is 1. The van der Waals surface area contributed by atoms with Gasteiger partial charge < -0.3 is 35.3 Å². The van der Waals surface area contributed by atoms with Crippen molar-refractivity contribution >= 4 is 37.1 Å². The zero-order valence-corrected chi connectivity index (χ0v) is 24.2. The van der Waals surface area contributed by atoms with Crippen LogP contribution in [0.4, 0.5) is 16.2 Å². The predicted molar refractivity (Wildman–Crippen MR) is 149 cm³/mol. The third-order valence-electron chi connectivity index (χ3n) is 6.19. The van der Waals surface area contributed by atoms with Gasteiger partial charge in [-0.05, 0) is 51.1 Å². The second kappa shape index (κ2) is 12.9. The molecule has 1 saturated heterocycles. The van der Waals surface area contributed by atoms with Crippen molar-refractivity contribution in [2.24, 2.45) is 4.85 Å². The highest BCUT2D eigenvalue weighted by atomic mass is 31.1. The molecule has 0 saturated carbocycles. The van der Waals surface area contributed by atoms with Gasteiger partial charge in [0.25, 0.3) is 0 Å². The molecule has 226 valence electrons. The number of halogens is 1. The van der Waals surface area contributed by atoms with Crippen LogP contribution in [0, 0.1) is 0 Å². The Morgan fingerprint density at radius 3 is 2.69 bits per heavy atom. The molecule has 0 spiro atoms. The summed E-state index contributed by atoms with van der Waals surface area (Å²) in [6.45, 7) is 8.27. The Balaban J connectivity index is 1.39. The molecule has 3 heterocycles. The van der Waals surface area contributed by atoms with Gasteiger partial charge in [0.1, 0.15) is 30.6 Å². The molecule has 1 unspecified atom stereocenters. The molecule has 6 atom stereocenters. The van der Waals surface area contributed by atoms with Crippen LogP contribution in [0.2, 0.25) is 0 Å². The number of alkyl halides is 1. The molecule has 4 rings (SSSR count). The van der Waals surface area contributed by atoms with Crippen molar-refractivity contribution in [3.8, 4) is 11.5 Å². The number of aliphatic hydroxyl groups excluding tert-OH is 1. The number of anilines is 2. The minimum absolute atomic E-state index is 0.0575. The van der Waals surface area contributed by atoms with Crippen LogP contribution in [0.1, 0.15) is 27.0 Å². The van der Waals surface area contributed by atoms with E-state index in [2.05, 4.69) is 37.1 Å². The van der Waals surface area contributed by atoms with E-state index in [9.17, 15) is 14.8 Å². The first kappa shape index (κ1) is 31.0. The summed E-state index contributed by atoms with van der Waals surface area (Å²) >= 11 is 0. The zero-order valence-electron chi connectivity index (χ0n) is 23.3. The van der Waals surface area contributed by atoms with E-state index < -0.39 is 44.3 Å². The molecule has 2 aromatic heterocycles. The number of hydrogen-bond acceptors (Lipinski definition) is 13. The number of carbonyl (C=O) groups is 1. The third-order valence-corrected chi connectivity index (χ3v) is 6.83. The number of nitrogens with one attached hydrogen (secondary N) is 2. The molecule has 17 heteroatoms. The molecule has 15 nitrogen and oxygen atoms in total. The van der Waals surface area contributed by atoms with E-state index in [-0.39, 0.29) is 30.1 Å². The number of benzene rings is 1. The van der Waals surface area contributed by atoms with Crippen LogP contribution < -0.4 is 30.6 Å². The van der Waals surface area contributed by atoms with Gasteiger partial charge in [-0.15, -0.1) is 0 Å². The number of nitrogens with zero attached hydrogens (tertiary/aromatic N) is 5. The Morgan fingerprint density at radius 2 is 2.05 bits per heavy atom. The van der Waals surface area contributed by atoms with Crippen LogP contribution in [0.5, 0.6) is 11.5 Å². The van der Waals surface area contributed by atoms with Gasteiger partial charge in [0.2, 0.25) is 11.6 Å². The predicted octanol–water partition coefficient (Wildman–Crippen LogP) is 1.76.